The van der Waals surface area contributed by atoms with Crippen molar-refractivity contribution in [3.8, 4) is 27.9 Å². The van der Waals surface area contributed by atoms with Crippen molar-refractivity contribution in [2.24, 2.45) is 0 Å². The van der Waals surface area contributed by atoms with E-state index in [2.05, 4.69) is 203 Å². The molecule has 0 saturated heterocycles. The summed E-state index contributed by atoms with van der Waals surface area (Å²) in [7, 11) is 0. The summed E-state index contributed by atoms with van der Waals surface area (Å²) in [5.74, 6) is 0. The van der Waals surface area contributed by atoms with Crippen molar-refractivity contribution in [3.05, 3.63) is 179 Å². The average Bonchev–Trinajstić information content (AvgIpc) is 3.58. The molecule has 1 aliphatic rings. The van der Waals surface area contributed by atoms with Gasteiger partial charge >= 0.3 is 0 Å². The maximum Gasteiger partial charge on any atom is 0.0542 e. The number of halogens is 1. The van der Waals surface area contributed by atoms with E-state index in [1.165, 1.54) is 60.9 Å². The molecule has 7 aromatic carbocycles. The fourth-order valence-electron chi connectivity index (χ4n) is 7.68. The lowest BCUT2D eigenvalue weighted by atomic mass is 9.82. The number of benzene rings is 7. The summed E-state index contributed by atoms with van der Waals surface area (Å²) in [5, 5.41) is 2.48. The van der Waals surface area contributed by atoms with Gasteiger partial charge in [-0.3, -0.25) is 0 Å². The summed E-state index contributed by atoms with van der Waals surface area (Å²) in [6.07, 6.45) is 0. The zero-order valence-electron chi connectivity index (χ0n) is 26.9. The summed E-state index contributed by atoms with van der Waals surface area (Å²) in [4.78, 5) is 2.35. The maximum atomic E-state index is 3.56. The van der Waals surface area contributed by atoms with Crippen molar-refractivity contribution in [1.82, 2.24) is 4.57 Å². The molecule has 0 saturated carbocycles. The standard InChI is InChI=1S/C45H33BrN2/c1-45(2)41-14-8-6-12-37(41)38-26-24-36(29-42(38)45)48-43-15-9-7-13-39(43)40-28-35(25-27-44(40)48)47(33-10-4-3-5-11-33)34-22-18-31(19-23-34)30-16-20-32(46)21-17-30/h3-29H,1-2H3. The van der Waals surface area contributed by atoms with Gasteiger partial charge in [0.05, 0.1) is 11.0 Å². The van der Waals surface area contributed by atoms with Crippen molar-refractivity contribution in [3.63, 3.8) is 0 Å². The number of hydrogen-bond acceptors (Lipinski definition) is 1. The first kappa shape index (κ1) is 28.8. The molecular formula is C45H33BrN2. The van der Waals surface area contributed by atoms with Crippen LogP contribution >= 0.6 is 15.9 Å². The molecule has 0 bridgehead atoms. The van der Waals surface area contributed by atoms with Crippen LogP contribution in [-0.2, 0) is 5.41 Å². The Labute approximate surface area is 289 Å². The molecule has 0 radical (unpaired) electrons. The topological polar surface area (TPSA) is 8.17 Å². The summed E-state index contributed by atoms with van der Waals surface area (Å²) in [5.41, 5.74) is 14.8. The van der Waals surface area contributed by atoms with Crippen molar-refractivity contribution in [1.29, 1.82) is 0 Å². The predicted molar refractivity (Wildman–Crippen MR) is 206 cm³/mol. The van der Waals surface area contributed by atoms with E-state index in [1.54, 1.807) is 0 Å². The van der Waals surface area contributed by atoms with Crippen LogP contribution in [0, 0.1) is 0 Å². The van der Waals surface area contributed by atoms with Gasteiger partial charge in [-0.25, -0.2) is 0 Å². The Morgan fingerprint density at radius 3 is 1.88 bits per heavy atom. The molecule has 0 aliphatic heterocycles. The SMILES string of the molecule is CC1(C)c2ccccc2-c2ccc(-n3c4ccccc4c4cc(N(c5ccccc5)c5ccc(-c6ccc(Br)cc6)cc5)ccc43)cc21. The number of hydrogen-bond donors (Lipinski definition) is 0. The second kappa shape index (κ2) is 11.1. The van der Waals surface area contributed by atoms with Crippen molar-refractivity contribution < 1.29 is 0 Å². The van der Waals surface area contributed by atoms with Crippen LogP contribution in [-0.4, -0.2) is 4.57 Å². The van der Waals surface area contributed by atoms with Crippen molar-refractivity contribution >= 4 is 54.8 Å². The Balaban J connectivity index is 1.19. The third kappa shape index (κ3) is 4.53. The number of fused-ring (bicyclic) bond motifs is 6. The first-order chi connectivity index (χ1) is 23.5. The molecular weight excluding hydrogens is 648 g/mol. The molecule has 9 rings (SSSR count). The molecule has 1 heterocycles. The number of rotatable bonds is 5. The summed E-state index contributed by atoms with van der Waals surface area (Å²) in [6, 6.07) is 59.6. The fraction of sp³-hybridized carbons (Fsp3) is 0.0667. The van der Waals surface area contributed by atoms with Crippen molar-refractivity contribution in [2.75, 3.05) is 4.90 Å². The lowest BCUT2D eigenvalue weighted by Crippen LogP contribution is -2.15. The van der Waals surface area contributed by atoms with Gasteiger partial charge in [-0.2, -0.15) is 0 Å². The van der Waals surface area contributed by atoms with Gasteiger partial charge in [-0.15, -0.1) is 0 Å². The van der Waals surface area contributed by atoms with Gasteiger partial charge < -0.3 is 9.47 Å². The van der Waals surface area contributed by atoms with E-state index < -0.39 is 0 Å². The zero-order chi connectivity index (χ0) is 32.4. The molecule has 0 N–H and O–H groups in total. The van der Waals surface area contributed by atoms with Gasteiger partial charge in [0.2, 0.25) is 0 Å². The van der Waals surface area contributed by atoms with Gasteiger partial charge in [0.15, 0.2) is 0 Å². The number of nitrogens with zero attached hydrogens (tertiary/aromatic N) is 2. The third-order valence-electron chi connectivity index (χ3n) is 10.1. The van der Waals surface area contributed by atoms with Gasteiger partial charge in [0.25, 0.3) is 0 Å². The molecule has 0 spiro atoms. The monoisotopic (exact) mass is 680 g/mol. The highest BCUT2D eigenvalue weighted by atomic mass is 79.9. The largest absolute Gasteiger partial charge is 0.310 e. The number of aromatic nitrogens is 1. The average molecular weight is 682 g/mol. The van der Waals surface area contributed by atoms with E-state index in [1.807, 2.05) is 0 Å². The van der Waals surface area contributed by atoms with Crippen LogP contribution in [0.5, 0.6) is 0 Å². The number of anilines is 3. The van der Waals surface area contributed by atoms with Crippen LogP contribution in [0.25, 0.3) is 49.7 Å². The molecule has 48 heavy (non-hydrogen) atoms. The van der Waals surface area contributed by atoms with Crippen LogP contribution in [0.15, 0.2) is 168 Å². The summed E-state index contributed by atoms with van der Waals surface area (Å²) in [6.45, 7) is 4.70. The molecule has 2 nitrogen and oxygen atoms in total. The Kier molecular flexibility index (Phi) is 6.67. The predicted octanol–water partition coefficient (Wildman–Crippen LogP) is 13.0. The van der Waals surface area contributed by atoms with E-state index in [9.17, 15) is 0 Å². The molecule has 230 valence electrons. The van der Waals surface area contributed by atoms with Crippen LogP contribution in [0.2, 0.25) is 0 Å². The van der Waals surface area contributed by atoms with Gasteiger partial charge in [-0.05, 0) is 106 Å². The number of para-hydroxylation sites is 2. The Bertz CT molecular complexity index is 2470. The fourth-order valence-corrected chi connectivity index (χ4v) is 7.94. The molecule has 0 fully saturated rings. The molecule has 8 aromatic rings. The normalized spacial score (nSPS) is 13.1. The second-order valence-corrected chi connectivity index (χ2v) is 14.1. The van der Waals surface area contributed by atoms with Crippen LogP contribution < -0.4 is 4.90 Å². The smallest absolute Gasteiger partial charge is 0.0542 e. The second-order valence-electron chi connectivity index (χ2n) is 13.2. The molecule has 0 unspecified atom stereocenters. The lowest BCUT2D eigenvalue weighted by molar-refractivity contribution is 0.660. The van der Waals surface area contributed by atoms with E-state index in [-0.39, 0.29) is 5.41 Å². The Morgan fingerprint density at radius 2 is 1.08 bits per heavy atom. The minimum absolute atomic E-state index is 0.0586. The van der Waals surface area contributed by atoms with E-state index in [0.29, 0.717) is 0 Å². The Hall–Kier alpha value is -5.38. The highest BCUT2D eigenvalue weighted by Gasteiger charge is 2.35. The zero-order valence-corrected chi connectivity index (χ0v) is 28.4. The van der Waals surface area contributed by atoms with E-state index in [0.717, 1.165) is 21.5 Å². The van der Waals surface area contributed by atoms with Crippen LogP contribution in [0.3, 0.4) is 0 Å². The highest BCUT2D eigenvalue weighted by Crippen LogP contribution is 2.49. The minimum Gasteiger partial charge on any atom is -0.310 e. The molecule has 1 aliphatic carbocycles. The molecule has 0 atom stereocenters. The van der Waals surface area contributed by atoms with Gasteiger partial charge in [-0.1, -0.05) is 121 Å². The van der Waals surface area contributed by atoms with Crippen LogP contribution in [0.4, 0.5) is 17.1 Å². The molecule has 3 heteroatoms. The van der Waals surface area contributed by atoms with E-state index >= 15 is 0 Å². The molecule has 1 aromatic heterocycles. The highest BCUT2D eigenvalue weighted by molar-refractivity contribution is 9.10. The van der Waals surface area contributed by atoms with E-state index in [4.69, 9.17) is 0 Å². The van der Waals surface area contributed by atoms with Crippen molar-refractivity contribution in [2.45, 2.75) is 19.3 Å². The van der Waals surface area contributed by atoms with Crippen LogP contribution in [0.1, 0.15) is 25.0 Å². The molecule has 0 amide bonds. The summed E-state index contributed by atoms with van der Waals surface area (Å²) < 4.78 is 3.52. The van der Waals surface area contributed by atoms with Gasteiger partial charge in [0, 0.05) is 43.4 Å². The first-order valence-corrected chi connectivity index (χ1v) is 17.3. The Morgan fingerprint density at radius 1 is 0.479 bits per heavy atom. The quantitative estimate of drug-likeness (QED) is 0.176. The maximum absolute atomic E-state index is 3.56. The minimum atomic E-state index is -0.0586. The van der Waals surface area contributed by atoms with Gasteiger partial charge in [0.1, 0.15) is 0 Å². The first-order valence-electron chi connectivity index (χ1n) is 16.5. The third-order valence-corrected chi connectivity index (χ3v) is 10.6. The summed E-state index contributed by atoms with van der Waals surface area (Å²) >= 11 is 3.56. The lowest BCUT2D eigenvalue weighted by Gasteiger charge is -2.26.